The molecule has 2 saturated heterocycles. The minimum absolute atomic E-state index is 0. The molecule has 2 fully saturated rings. The second-order valence-corrected chi connectivity index (χ2v) is 15.0. The number of alkyl halides is 2. The second-order valence-electron chi connectivity index (χ2n) is 15.0. The molecule has 2 aliphatic rings. The number of likely N-dealkylation sites (tertiary alicyclic amines) is 1. The number of pyridine rings is 1. The highest BCUT2D eigenvalue weighted by Crippen LogP contribution is 2.24. The minimum Gasteiger partial charge on any atom is -1.00 e. The summed E-state index contributed by atoms with van der Waals surface area (Å²) in [6, 6.07) is 11.5. The highest BCUT2D eigenvalue weighted by Gasteiger charge is 2.37. The Bertz CT molecular complexity index is 1870. The number of benzene rings is 2. The highest BCUT2D eigenvalue weighted by molar-refractivity contribution is 6.38. The van der Waals surface area contributed by atoms with Gasteiger partial charge in [-0.15, -0.1) is 0 Å². The number of piperazine rings is 1. The number of nitrogens with one attached hydrogen (secondary N) is 2. The Balaban J connectivity index is 0.00000696. The number of hydrogen-bond donors (Lipinski definition) is 2. The molecule has 0 aliphatic carbocycles. The number of fused-ring (bicyclic) bond motifs is 1. The number of quaternary nitrogens is 1. The average Bonchev–Trinajstić information content (AvgIpc) is 3.64. The third kappa shape index (κ3) is 12.2. The zero-order valence-electron chi connectivity index (χ0n) is 32.0. The molecule has 2 N–H and O–H groups in total. The lowest BCUT2D eigenvalue weighted by molar-refractivity contribution is -0.913. The van der Waals surface area contributed by atoms with Gasteiger partial charge in [-0.05, 0) is 75.6 Å². The number of aromatic nitrogens is 1. The molecule has 1 atom stereocenters. The number of carbonyl (C=O) groups is 5. The summed E-state index contributed by atoms with van der Waals surface area (Å²) >= 11 is 0. The van der Waals surface area contributed by atoms with Gasteiger partial charge in [-0.2, -0.15) is 8.78 Å². The average molecular weight is 895 g/mol. The zero-order valence-corrected chi connectivity index (χ0v) is 34.2. The van der Waals surface area contributed by atoms with Crippen molar-refractivity contribution in [1.29, 1.82) is 0 Å². The number of rotatable bonds is 14. The van der Waals surface area contributed by atoms with E-state index >= 15 is 0 Å². The Morgan fingerprint density at radius 1 is 0.964 bits per heavy atom. The Morgan fingerprint density at radius 3 is 2.34 bits per heavy atom. The maximum Gasteiger partial charge on any atom is 0.410 e. The van der Waals surface area contributed by atoms with E-state index in [-0.39, 0.29) is 55.5 Å². The van der Waals surface area contributed by atoms with Gasteiger partial charge in [0.25, 0.3) is 11.8 Å². The van der Waals surface area contributed by atoms with Crippen molar-refractivity contribution in [3.05, 3.63) is 65.9 Å². The van der Waals surface area contributed by atoms with E-state index in [1.165, 1.54) is 35.4 Å². The lowest BCUT2D eigenvalue weighted by atomic mass is 10.1. The smallest absolute Gasteiger partial charge is 0.410 e. The first-order chi connectivity index (χ1) is 26.1. The number of likely N-dealkylation sites (N-methyl/N-ethyl adjacent to an activating group) is 1. The van der Waals surface area contributed by atoms with Crippen LogP contribution >= 0.6 is 0 Å². The predicted molar refractivity (Wildman–Crippen MR) is 197 cm³/mol. The fourth-order valence-corrected chi connectivity index (χ4v) is 6.63. The Labute approximate surface area is 341 Å². The first-order valence-corrected chi connectivity index (χ1v) is 18.4. The summed E-state index contributed by atoms with van der Waals surface area (Å²) in [5.74, 6) is -2.14. The number of Topliss-reactive ketones (excluding diaryl/α,β-unsaturated/α-hetero) is 1. The van der Waals surface area contributed by atoms with Crippen LogP contribution in [0.15, 0.2) is 54.7 Å². The Kier molecular flexibility index (Phi) is 15.3. The molecule has 5 rings (SSSR count). The van der Waals surface area contributed by atoms with Gasteiger partial charge in [0, 0.05) is 31.1 Å². The molecule has 2 aromatic carbocycles. The van der Waals surface area contributed by atoms with Crippen LogP contribution in [0.25, 0.3) is 10.9 Å². The number of carbonyl (C=O) groups excluding carboxylic acids is 5. The van der Waals surface area contributed by atoms with Gasteiger partial charge >= 0.3 is 12.7 Å². The van der Waals surface area contributed by atoms with Crippen molar-refractivity contribution in [3.63, 3.8) is 0 Å². The summed E-state index contributed by atoms with van der Waals surface area (Å²) in [4.78, 5) is 72.2. The molecule has 17 heteroatoms. The van der Waals surface area contributed by atoms with Gasteiger partial charge in [0.2, 0.25) is 11.7 Å². The van der Waals surface area contributed by atoms with Gasteiger partial charge in [-0.25, -0.2) is 4.79 Å². The Morgan fingerprint density at radius 2 is 1.66 bits per heavy atom. The molecule has 0 unspecified atom stereocenters. The molecule has 304 valence electrons. The van der Waals surface area contributed by atoms with Crippen LogP contribution in [0, 0.1) is 0 Å². The van der Waals surface area contributed by atoms with Crippen molar-refractivity contribution in [2.75, 3.05) is 59.5 Å². The van der Waals surface area contributed by atoms with Gasteiger partial charge < -0.3 is 58.2 Å². The maximum absolute atomic E-state index is 13.3. The van der Waals surface area contributed by atoms with Crippen LogP contribution in [-0.2, 0) is 25.7 Å². The topological polar surface area (TPSA) is 156 Å². The molecule has 14 nitrogen and oxygen atoms in total. The van der Waals surface area contributed by atoms with Crippen LogP contribution in [0.5, 0.6) is 11.5 Å². The van der Waals surface area contributed by atoms with Crippen LogP contribution in [0.1, 0.15) is 56.0 Å². The monoisotopic (exact) mass is 894 g/mol. The van der Waals surface area contributed by atoms with Crippen molar-refractivity contribution in [2.24, 2.45) is 0 Å². The van der Waals surface area contributed by atoms with Gasteiger partial charge in [-0.1, -0.05) is 12.1 Å². The molecule has 3 heterocycles. The normalized spacial score (nSPS) is 16.5. The number of halogens is 3. The molecule has 4 amide bonds. The molecular weight excluding hydrogens is 845 g/mol. The lowest BCUT2D eigenvalue weighted by Crippen LogP contribution is -3.00. The van der Waals surface area contributed by atoms with E-state index in [4.69, 9.17) is 9.47 Å². The summed E-state index contributed by atoms with van der Waals surface area (Å²) in [5, 5.41) is 5.71. The van der Waals surface area contributed by atoms with Crippen molar-refractivity contribution < 1.29 is 75.4 Å². The zero-order chi connectivity index (χ0) is 39.8. The first-order valence-electron chi connectivity index (χ1n) is 18.4. The van der Waals surface area contributed by atoms with E-state index in [1.807, 2.05) is 20.8 Å². The van der Waals surface area contributed by atoms with Crippen LogP contribution in [0.4, 0.5) is 13.6 Å². The maximum atomic E-state index is 13.3. The van der Waals surface area contributed by atoms with E-state index in [0.717, 1.165) is 30.5 Å². The SMILES string of the molecule is CC(C)(C)OC(=O)N1CC[N+](C)(CCCOc2ccc3nccc(C(=O)NCC(=O)N4CCC[C@H]4C(=O)C(=O)NCc4ccc(OC(F)F)cc4)c3c2)CC1.[I-]. The lowest BCUT2D eigenvalue weighted by Gasteiger charge is -2.42. The van der Waals surface area contributed by atoms with E-state index in [0.29, 0.717) is 60.3 Å². The second kappa shape index (κ2) is 19.5. The third-order valence-electron chi connectivity index (χ3n) is 9.64. The van der Waals surface area contributed by atoms with E-state index in [1.54, 1.807) is 29.2 Å². The molecule has 3 aromatic rings. The highest BCUT2D eigenvalue weighted by atomic mass is 127. The largest absolute Gasteiger partial charge is 1.00 e. The predicted octanol–water partition coefficient (Wildman–Crippen LogP) is 0.913. The molecule has 1 aromatic heterocycles. The number of ether oxygens (including phenoxy) is 3. The fourth-order valence-electron chi connectivity index (χ4n) is 6.63. The summed E-state index contributed by atoms with van der Waals surface area (Å²) < 4.78 is 41.5. The first kappa shape index (κ1) is 44.1. The van der Waals surface area contributed by atoms with Crippen LogP contribution < -0.4 is 44.1 Å². The fraction of sp³-hybridized carbons (Fsp3) is 0.487. The van der Waals surface area contributed by atoms with Crippen molar-refractivity contribution >= 4 is 40.5 Å². The third-order valence-corrected chi connectivity index (χ3v) is 9.64. The van der Waals surface area contributed by atoms with Crippen molar-refractivity contribution in [2.45, 2.75) is 64.8 Å². The number of ketones is 1. The quantitative estimate of drug-likeness (QED) is 0.104. The van der Waals surface area contributed by atoms with Gasteiger partial charge in [0.1, 0.15) is 23.1 Å². The molecule has 56 heavy (non-hydrogen) atoms. The minimum atomic E-state index is -2.96. The summed E-state index contributed by atoms with van der Waals surface area (Å²) in [6.45, 7) is 6.65. The van der Waals surface area contributed by atoms with Crippen molar-refractivity contribution in [3.8, 4) is 11.5 Å². The van der Waals surface area contributed by atoms with Crippen LogP contribution in [0.2, 0.25) is 0 Å². The molecule has 0 bridgehead atoms. The summed E-state index contributed by atoms with van der Waals surface area (Å²) in [7, 11) is 2.17. The number of nitrogens with zero attached hydrogens (tertiary/aromatic N) is 4. The van der Waals surface area contributed by atoms with Crippen LogP contribution in [0.3, 0.4) is 0 Å². The van der Waals surface area contributed by atoms with Crippen molar-refractivity contribution in [1.82, 2.24) is 25.4 Å². The number of amides is 4. The summed E-state index contributed by atoms with van der Waals surface area (Å²) in [5.41, 5.74) is 0.897. The van der Waals surface area contributed by atoms with E-state index in [2.05, 4.69) is 27.4 Å². The number of hydrogen-bond acceptors (Lipinski definition) is 9. The summed E-state index contributed by atoms with van der Waals surface area (Å²) in [6.07, 6.45) is 2.81. The van der Waals surface area contributed by atoms with Gasteiger partial charge in [0.05, 0.1) is 64.0 Å². The van der Waals surface area contributed by atoms with Crippen LogP contribution in [-0.4, -0.2) is 127 Å². The molecule has 2 aliphatic heterocycles. The molecule has 0 spiro atoms. The molecular formula is C39H49F2IN6O8. The van der Waals surface area contributed by atoms with E-state index < -0.39 is 41.8 Å². The van der Waals surface area contributed by atoms with Gasteiger partial charge in [0.15, 0.2) is 0 Å². The molecule has 0 radical (unpaired) electrons. The molecule has 0 saturated carbocycles. The standard InChI is InChI=1S/C39H48F2N6O8.HI/c1-39(2,3)55-38(52)45-17-20-47(4,21-18-45)19-6-22-53-28-12-13-31-30(23-28)29(14-15-42-31)35(50)44-25-33(48)46-16-5-7-32(46)34(49)36(51)43-24-26-8-10-27(11-9-26)54-37(40)41;/h8-15,23,32,37H,5-7,16-22,24-25H2,1-4H3,(H-,43,44,50,51);1H/t32-;/m0./s1. The Hall–Kier alpha value is -4.65. The van der Waals surface area contributed by atoms with Gasteiger partial charge in [-0.3, -0.25) is 29.1 Å². The van der Waals surface area contributed by atoms with E-state index in [9.17, 15) is 32.8 Å².